The van der Waals surface area contributed by atoms with Gasteiger partial charge >= 0.3 is 0 Å². The first kappa shape index (κ1) is 15.5. The van der Waals surface area contributed by atoms with E-state index in [0.29, 0.717) is 18.5 Å². The first-order valence-electron chi connectivity index (χ1n) is 8.83. The standard InChI is InChI=1S/C20H24N2O2/c1-15-7-8-17(24-15)14-21-11-9-19-18(21)10-12-22(19)20(23)13-16-5-3-2-4-6-16/h2-8,18-19H,9-14H2,1H3/t18-,19-/m0/s1. The SMILES string of the molecule is Cc1ccc(CN2CC[C@H]3[C@@H]2CCN3C(=O)Cc2ccccc2)o1. The van der Waals surface area contributed by atoms with Crippen molar-refractivity contribution in [2.45, 2.75) is 44.8 Å². The summed E-state index contributed by atoms with van der Waals surface area (Å²) in [7, 11) is 0. The minimum absolute atomic E-state index is 0.268. The van der Waals surface area contributed by atoms with Gasteiger partial charge in [0.25, 0.3) is 0 Å². The van der Waals surface area contributed by atoms with Crippen molar-refractivity contribution in [1.29, 1.82) is 0 Å². The minimum atomic E-state index is 0.268. The Hall–Kier alpha value is -2.07. The molecule has 2 aromatic rings. The maximum Gasteiger partial charge on any atom is 0.227 e. The number of carbonyl (C=O) groups is 1. The molecule has 4 nitrogen and oxygen atoms in total. The van der Waals surface area contributed by atoms with Crippen LogP contribution < -0.4 is 0 Å². The fourth-order valence-corrected chi connectivity index (χ4v) is 4.22. The molecule has 2 aliphatic rings. The Labute approximate surface area is 143 Å². The van der Waals surface area contributed by atoms with Gasteiger partial charge in [0.05, 0.1) is 13.0 Å². The third-order valence-electron chi connectivity index (χ3n) is 5.36. The molecule has 1 aromatic heterocycles. The van der Waals surface area contributed by atoms with Crippen LogP contribution in [0.1, 0.15) is 29.9 Å². The van der Waals surface area contributed by atoms with Gasteiger partial charge in [-0.25, -0.2) is 0 Å². The van der Waals surface area contributed by atoms with Gasteiger partial charge in [-0.05, 0) is 37.5 Å². The number of carbonyl (C=O) groups excluding carboxylic acids is 1. The smallest absolute Gasteiger partial charge is 0.227 e. The van der Waals surface area contributed by atoms with Crippen molar-refractivity contribution in [2.75, 3.05) is 13.1 Å². The number of nitrogens with zero attached hydrogens (tertiary/aromatic N) is 2. The van der Waals surface area contributed by atoms with E-state index >= 15 is 0 Å². The number of rotatable bonds is 4. The molecular weight excluding hydrogens is 300 g/mol. The van der Waals surface area contributed by atoms with E-state index < -0.39 is 0 Å². The molecule has 24 heavy (non-hydrogen) atoms. The molecular formula is C20H24N2O2. The average molecular weight is 324 g/mol. The summed E-state index contributed by atoms with van der Waals surface area (Å²) >= 11 is 0. The highest BCUT2D eigenvalue weighted by Crippen LogP contribution is 2.33. The average Bonchev–Trinajstić information content (AvgIpc) is 3.26. The van der Waals surface area contributed by atoms with Crippen LogP contribution in [0.4, 0.5) is 0 Å². The predicted molar refractivity (Wildman–Crippen MR) is 92.5 cm³/mol. The predicted octanol–water partition coefficient (Wildman–Crippen LogP) is 3.01. The number of fused-ring (bicyclic) bond motifs is 1. The van der Waals surface area contributed by atoms with E-state index in [-0.39, 0.29) is 5.91 Å². The Morgan fingerprint density at radius 2 is 1.88 bits per heavy atom. The van der Waals surface area contributed by atoms with Crippen LogP contribution in [0.3, 0.4) is 0 Å². The van der Waals surface area contributed by atoms with E-state index in [9.17, 15) is 4.79 Å². The summed E-state index contributed by atoms with van der Waals surface area (Å²) in [6, 6.07) is 15.0. The molecule has 0 N–H and O–H groups in total. The highest BCUT2D eigenvalue weighted by molar-refractivity contribution is 5.79. The van der Waals surface area contributed by atoms with Gasteiger partial charge in [-0.1, -0.05) is 30.3 Å². The molecule has 2 saturated heterocycles. The number of aryl methyl sites for hydroxylation is 1. The quantitative estimate of drug-likeness (QED) is 0.867. The van der Waals surface area contributed by atoms with Gasteiger partial charge < -0.3 is 9.32 Å². The van der Waals surface area contributed by atoms with Crippen LogP contribution in [0.25, 0.3) is 0 Å². The van der Waals surface area contributed by atoms with Gasteiger partial charge in [-0.2, -0.15) is 0 Å². The van der Waals surface area contributed by atoms with Gasteiger partial charge in [-0.3, -0.25) is 9.69 Å². The highest BCUT2D eigenvalue weighted by atomic mass is 16.3. The summed E-state index contributed by atoms with van der Waals surface area (Å²) in [5.74, 6) is 2.26. The summed E-state index contributed by atoms with van der Waals surface area (Å²) in [4.78, 5) is 17.3. The van der Waals surface area contributed by atoms with E-state index in [1.165, 1.54) is 0 Å². The second-order valence-electron chi connectivity index (χ2n) is 6.94. The van der Waals surface area contributed by atoms with E-state index in [2.05, 4.69) is 15.9 Å². The molecule has 1 aromatic carbocycles. The Balaban J connectivity index is 1.40. The Morgan fingerprint density at radius 3 is 2.62 bits per heavy atom. The Kier molecular flexibility index (Phi) is 4.15. The molecule has 4 heteroatoms. The van der Waals surface area contributed by atoms with Gasteiger partial charge in [0.1, 0.15) is 11.5 Å². The number of hydrogen-bond acceptors (Lipinski definition) is 3. The lowest BCUT2D eigenvalue weighted by atomic mass is 10.1. The van der Waals surface area contributed by atoms with Crippen molar-refractivity contribution in [2.24, 2.45) is 0 Å². The molecule has 4 rings (SSSR count). The zero-order valence-corrected chi connectivity index (χ0v) is 14.1. The number of benzene rings is 1. The third-order valence-corrected chi connectivity index (χ3v) is 5.36. The fourth-order valence-electron chi connectivity index (χ4n) is 4.22. The molecule has 1 amide bonds. The molecule has 2 atom stereocenters. The topological polar surface area (TPSA) is 36.7 Å². The molecule has 0 aliphatic carbocycles. The van der Waals surface area contributed by atoms with Crippen molar-refractivity contribution in [3.8, 4) is 0 Å². The van der Waals surface area contributed by atoms with Crippen LogP contribution in [0, 0.1) is 6.92 Å². The number of likely N-dealkylation sites (tertiary alicyclic amines) is 2. The molecule has 0 saturated carbocycles. The van der Waals surface area contributed by atoms with Crippen molar-refractivity contribution < 1.29 is 9.21 Å². The molecule has 126 valence electrons. The zero-order valence-electron chi connectivity index (χ0n) is 14.1. The number of hydrogen-bond donors (Lipinski definition) is 0. The van der Waals surface area contributed by atoms with Crippen LogP contribution in [0.2, 0.25) is 0 Å². The Morgan fingerprint density at radius 1 is 1.08 bits per heavy atom. The van der Waals surface area contributed by atoms with Crippen molar-refractivity contribution in [1.82, 2.24) is 9.80 Å². The molecule has 3 heterocycles. The number of furan rings is 1. The lowest BCUT2D eigenvalue weighted by Gasteiger charge is -2.25. The van der Waals surface area contributed by atoms with Crippen LogP contribution in [-0.2, 0) is 17.8 Å². The van der Waals surface area contributed by atoms with E-state index in [1.54, 1.807) is 0 Å². The van der Waals surface area contributed by atoms with Gasteiger partial charge in [0.15, 0.2) is 0 Å². The largest absolute Gasteiger partial charge is 0.465 e. The first-order valence-corrected chi connectivity index (χ1v) is 8.83. The van der Waals surface area contributed by atoms with E-state index in [0.717, 1.165) is 49.6 Å². The van der Waals surface area contributed by atoms with Crippen LogP contribution in [-0.4, -0.2) is 40.9 Å². The summed E-state index contributed by atoms with van der Waals surface area (Å²) < 4.78 is 5.72. The Bertz CT molecular complexity index is 709. The van der Waals surface area contributed by atoms with Crippen molar-refractivity contribution >= 4 is 5.91 Å². The van der Waals surface area contributed by atoms with Gasteiger partial charge in [0.2, 0.25) is 5.91 Å². The molecule has 0 bridgehead atoms. The highest BCUT2D eigenvalue weighted by Gasteiger charge is 2.44. The maximum absolute atomic E-state index is 12.7. The van der Waals surface area contributed by atoms with E-state index in [4.69, 9.17) is 4.42 Å². The zero-order chi connectivity index (χ0) is 16.5. The molecule has 2 fully saturated rings. The van der Waals surface area contributed by atoms with Gasteiger partial charge in [0, 0.05) is 25.2 Å². The normalized spacial score (nSPS) is 23.6. The fraction of sp³-hybridized carbons (Fsp3) is 0.450. The van der Waals surface area contributed by atoms with Crippen LogP contribution >= 0.6 is 0 Å². The third kappa shape index (κ3) is 2.98. The molecule has 0 spiro atoms. The van der Waals surface area contributed by atoms with Crippen molar-refractivity contribution in [3.63, 3.8) is 0 Å². The van der Waals surface area contributed by atoms with Crippen LogP contribution in [0.5, 0.6) is 0 Å². The second kappa shape index (κ2) is 6.44. The molecule has 2 aliphatic heterocycles. The summed E-state index contributed by atoms with van der Waals surface area (Å²) in [5.41, 5.74) is 1.10. The summed E-state index contributed by atoms with van der Waals surface area (Å²) in [6.07, 6.45) is 2.66. The first-order chi connectivity index (χ1) is 11.7. The lowest BCUT2D eigenvalue weighted by Crippen LogP contribution is -2.40. The lowest BCUT2D eigenvalue weighted by molar-refractivity contribution is -0.131. The minimum Gasteiger partial charge on any atom is -0.465 e. The summed E-state index contributed by atoms with van der Waals surface area (Å²) in [6.45, 7) is 4.77. The van der Waals surface area contributed by atoms with Gasteiger partial charge in [-0.15, -0.1) is 0 Å². The monoisotopic (exact) mass is 324 g/mol. The van der Waals surface area contributed by atoms with E-state index in [1.807, 2.05) is 43.3 Å². The second-order valence-corrected chi connectivity index (χ2v) is 6.94. The van der Waals surface area contributed by atoms with Crippen LogP contribution in [0.15, 0.2) is 46.9 Å². The maximum atomic E-state index is 12.7. The number of amides is 1. The summed E-state index contributed by atoms with van der Waals surface area (Å²) in [5, 5.41) is 0. The molecule has 0 unspecified atom stereocenters. The van der Waals surface area contributed by atoms with Crippen molar-refractivity contribution in [3.05, 3.63) is 59.5 Å². The molecule has 0 radical (unpaired) electrons.